The fourth-order valence-corrected chi connectivity index (χ4v) is 3.01. The van der Waals surface area contributed by atoms with E-state index < -0.39 is 6.10 Å². The molecule has 0 aliphatic heterocycles. The molecular formula is C20H17N3O2. The largest absolute Gasteiger partial charge is 0.389 e. The highest BCUT2D eigenvalue weighted by atomic mass is 16.3. The summed E-state index contributed by atoms with van der Waals surface area (Å²) in [6, 6.07) is 11.1. The van der Waals surface area contributed by atoms with E-state index in [0.717, 1.165) is 22.1 Å². The van der Waals surface area contributed by atoms with Crippen LogP contribution in [0.5, 0.6) is 0 Å². The zero-order chi connectivity index (χ0) is 17.6. The summed E-state index contributed by atoms with van der Waals surface area (Å²) in [5.41, 5.74) is 3.05. The van der Waals surface area contributed by atoms with Crippen molar-refractivity contribution in [2.75, 3.05) is 0 Å². The Morgan fingerprint density at radius 1 is 1.04 bits per heavy atom. The van der Waals surface area contributed by atoms with Gasteiger partial charge in [0, 0.05) is 41.3 Å². The minimum atomic E-state index is -0.621. The van der Waals surface area contributed by atoms with E-state index in [1.807, 2.05) is 43.6 Å². The van der Waals surface area contributed by atoms with Crippen molar-refractivity contribution < 1.29 is 5.11 Å². The molecule has 0 unspecified atom stereocenters. The minimum Gasteiger partial charge on any atom is -0.389 e. The van der Waals surface area contributed by atoms with Crippen molar-refractivity contribution in [3.63, 3.8) is 0 Å². The van der Waals surface area contributed by atoms with Gasteiger partial charge in [0.2, 0.25) is 0 Å². The van der Waals surface area contributed by atoms with Crippen LogP contribution in [0.25, 0.3) is 32.8 Å². The van der Waals surface area contributed by atoms with E-state index in [4.69, 9.17) is 0 Å². The zero-order valence-electron chi connectivity index (χ0n) is 14.0. The lowest BCUT2D eigenvalue weighted by atomic mass is 10.0. The van der Waals surface area contributed by atoms with Gasteiger partial charge in [-0.25, -0.2) is 0 Å². The lowest BCUT2D eigenvalue weighted by molar-refractivity contribution is 0.199. The fraction of sp³-hybridized carbons (Fsp3) is 0.150. The van der Waals surface area contributed by atoms with E-state index in [0.29, 0.717) is 16.3 Å². The lowest BCUT2D eigenvalue weighted by Crippen LogP contribution is -2.01. The Labute approximate surface area is 144 Å². The number of pyridine rings is 1. The van der Waals surface area contributed by atoms with Crippen LogP contribution in [-0.2, 0) is 7.05 Å². The monoisotopic (exact) mass is 331 g/mol. The van der Waals surface area contributed by atoms with Crippen molar-refractivity contribution in [2.45, 2.75) is 13.0 Å². The quantitative estimate of drug-likeness (QED) is 0.612. The second-order valence-electron chi connectivity index (χ2n) is 6.24. The highest BCUT2D eigenvalue weighted by Gasteiger charge is 2.09. The number of nitrogens with zero attached hydrogens (tertiary/aromatic N) is 3. The molecule has 25 heavy (non-hydrogen) atoms. The van der Waals surface area contributed by atoms with Gasteiger partial charge in [0.1, 0.15) is 0 Å². The van der Waals surface area contributed by atoms with E-state index in [1.165, 1.54) is 0 Å². The SMILES string of the molecule is C[C@H](O)c1ccc2ccc3ncc(-c4cnn(C)c4)cc3c(=O)c2c1. The van der Waals surface area contributed by atoms with Gasteiger partial charge in [-0.1, -0.05) is 18.2 Å². The van der Waals surface area contributed by atoms with Crippen LogP contribution >= 0.6 is 0 Å². The third-order valence-electron chi connectivity index (χ3n) is 4.43. The second kappa shape index (κ2) is 5.79. The van der Waals surface area contributed by atoms with Gasteiger partial charge in [0.25, 0.3) is 0 Å². The highest BCUT2D eigenvalue weighted by molar-refractivity contribution is 5.93. The Balaban J connectivity index is 2.05. The number of hydrogen-bond acceptors (Lipinski definition) is 4. The maximum atomic E-state index is 13.1. The topological polar surface area (TPSA) is 68.0 Å². The van der Waals surface area contributed by atoms with E-state index >= 15 is 0 Å². The molecule has 5 heteroatoms. The third-order valence-corrected chi connectivity index (χ3v) is 4.43. The van der Waals surface area contributed by atoms with Gasteiger partial charge < -0.3 is 5.11 Å². The molecule has 2 aromatic carbocycles. The Bertz CT molecular complexity index is 1160. The van der Waals surface area contributed by atoms with Gasteiger partial charge in [-0.15, -0.1) is 0 Å². The van der Waals surface area contributed by atoms with Crippen LogP contribution in [-0.4, -0.2) is 19.9 Å². The first-order valence-electron chi connectivity index (χ1n) is 8.07. The van der Waals surface area contributed by atoms with Crippen LogP contribution in [0, 0.1) is 0 Å². The molecule has 0 aliphatic carbocycles. The summed E-state index contributed by atoms with van der Waals surface area (Å²) in [6.45, 7) is 1.69. The van der Waals surface area contributed by atoms with Gasteiger partial charge in [-0.2, -0.15) is 5.10 Å². The molecule has 4 aromatic rings. The van der Waals surface area contributed by atoms with E-state index in [-0.39, 0.29) is 5.43 Å². The molecule has 4 rings (SSSR count). The summed E-state index contributed by atoms with van der Waals surface area (Å²) in [5.74, 6) is 0. The normalized spacial score (nSPS) is 12.6. The Hall–Kier alpha value is -3.05. The van der Waals surface area contributed by atoms with Crippen molar-refractivity contribution in [1.82, 2.24) is 14.8 Å². The average Bonchev–Trinajstić information content (AvgIpc) is 2.99. The van der Waals surface area contributed by atoms with Crippen LogP contribution in [0.15, 0.2) is 59.8 Å². The number of aromatic nitrogens is 3. The van der Waals surface area contributed by atoms with Crippen LogP contribution in [0.2, 0.25) is 0 Å². The van der Waals surface area contributed by atoms with Gasteiger partial charge in [-0.3, -0.25) is 14.5 Å². The van der Waals surface area contributed by atoms with Crippen LogP contribution in [0.3, 0.4) is 0 Å². The number of aryl methyl sites for hydroxylation is 1. The molecule has 0 amide bonds. The standard InChI is InChI=1S/C20H17N3O2/c1-12(24)14-4-3-13-5-6-19-18(20(25)17(13)7-14)8-15(9-21-19)16-10-22-23(2)11-16/h3-12,24H,1-2H3/t12-/m0/s1. The van der Waals surface area contributed by atoms with Gasteiger partial charge in [-0.05, 0) is 36.1 Å². The number of rotatable bonds is 2. The first kappa shape index (κ1) is 15.5. The molecule has 2 aromatic heterocycles. The molecule has 0 aliphatic rings. The zero-order valence-corrected chi connectivity index (χ0v) is 14.0. The molecule has 0 fully saturated rings. The summed E-state index contributed by atoms with van der Waals surface area (Å²) in [6.07, 6.45) is 4.77. The number of aliphatic hydroxyl groups is 1. The number of benzene rings is 1. The summed E-state index contributed by atoms with van der Waals surface area (Å²) in [4.78, 5) is 17.6. The Morgan fingerprint density at radius 2 is 1.84 bits per heavy atom. The molecule has 0 bridgehead atoms. The molecular weight excluding hydrogens is 314 g/mol. The Morgan fingerprint density at radius 3 is 2.56 bits per heavy atom. The predicted octanol–water partition coefficient (Wildman–Crippen LogP) is 3.20. The van der Waals surface area contributed by atoms with E-state index in [1.54, 1.807) is 30.1 Å². The Kier molecular flexibility index (Phi) is 3.58. The summed E-state index contributed by atoms with van der Waals surface area (Å²) < 4.78 is 1.72. The molecule has 0 saturated carbocycles. The lowest BCUT2D eigenvalue weighted by Gasteiger charge is -2.04. The first-order valence-corrected chi connectivity index (χ1v) is 8.07. The van der Waals surface area contributed by atoms with Crippen molar-refractivity contribution >= 4 is 21.7 Å². The molecule has 0 radical (unpaired) electrons. The van der Waals surface area contributed by atoms with Gasteiger partial charge in [0.05, 0.1) is 17.8 Å². The molecule has 1 atom stereocenters. The number of hydrogen-bond donors (Lipinski definition) is 1. The van der Waals surface area contributed by atoms with Crippen molar-refractivity contribution in [3.8, 4) is 11.1 Å². The van der Waals surface area contributed by atoms with Crippen molar-refractivity contribution in [3.05, 3.63) is 70.8 Å². The smallest absolute Gasteiger partial charge is 0.195 e. The van der Waals surface area contributed by atoms with Crippen LogP contribution in [0.4, 0.5) is 0 Å². The highest BCUT2D eigenvalue weighted by Crippen LogP contribution is 2.23. The molecule has 2 heterocycles. The molecule has 0 saturated heterocycles. The predicted molar refractivity (Wildman–Crippen MR) is 98.4 cm³/mol. The number of aliphatic hydroxyl groups excluding tert-OH is 1. The minimum absolute atomic E-state index is 0.0873. The summed E-state index contributed by atoms with van der Waals surface area (Å²) in [5, 5.41) is 16.0. The first-order chi connectivity index (χ1) is 12.0. The summed E-state index contributed by atoms with van der Waals surface area (Å²) in [7, 11) is 1.85. The number of fused-ring (bicyclic) bond motifs is 2. The molecule has 0 spiro atoms. The third kappa shape index (κ3) is 2.68. The van der Waals surface area contributed by atoms with Gasteiger partial charge >= 0.3 is 0 Å². The van der Waals surface area contributed by atoms with Crippen LogP contribution < -0.4 is 5.43 Å². The molecule has 5 nitrogen and oxygen atoms in total. The second-order valence-corrected chi connectivity index (χ2v) is 6.24. The molecule has 124 valence electrons. The van der Waals surface area contributed by atoms with Crippen LogP contribution in [0.1, 0.15) is 18.6 Å². The van der Waals surface area contributed by atoms with Crippen molar-refractivity contribution in [2.24, 2.45) is 7.05 Å². The van der Waals surface area contributed by atoms with E-state index in [9.17, 15) is 9.90 Å². The fourth-order valence-electron chi connectivity index (χ4n) is 3.01. The van der Waals surface area contributed by atoms with Gasteiger partial charge in [0.15, 0.2) is 5.43 Å². The maximum absolute atomic E-state index is 13.1. The van der Waals surface area contributed by atoms with Crippen molar-refractivity contribution in [1.29, 1.82) is 0 Å². The maximum Gasteiger partial charge on any atom is 0.195 e. The summed E-state index contributed by atoms with van der Waals surface area (Å²) >= 11 is 0. The average molecular weight is 331 g/mol. The molecule has 1 N–H and O–H groups in total. The van der Waals surface area contributed by atoms with E-state index in [2.05, 4.69) is 10.1 Å².